The van der Waals surface area contributed by atoms with Gasteiger partial charge in [-0.15, -0.1) is 11.3 Å². The number of thiazole rings is 1. The highest BCUT2D eigenvalue weighted by atomic mass is 32.1. The summed E-state index contributed by atoms with van der Waals surface area (Å²) in [5.41, 5.74) is 1.22. The number of hydrogen-bond acceptors (Lipinski definition) is 4. The zero-order valence-electron chi connectivity index (χ0n) is 11.0. The van der Waals surface area contributed by atoms with Gasteiger partial charge in [0.05, 0.1) is 16.8 Å². The number of rotatable bonds is 4. The van der Waals surface area contributed by atoms with Crippen LogP contribution in [0.4, 0.5) is 0 Å². The second-order valence-electron chi connectivity index (χ2n) is 5.75. The molecular weight excluding hydrogens is 244 g/mol. The lowest BCUT2D eigenvalue weighted by Crippen LogP contribution is -2.24. The normalized spacial score (nSPS) is 32.0. The Morgan fingerprint density at radius 1 is 1.44 bits per heavy atom. The zero-order valence-corrected chi connectivity index (χ0v) is 11.8. The Balaban J connectivity index is 1.57. The first-order chi connectivity index (χ1) is 8.76. The van der Waals surface area contributed by atoms with E-state index in [-0.39, 0.29) is 6.10 Å². The molecule has 1 aliphatic carbocycles. The molecule has 4 heteroatoms. The van der Waals surface area contributed by atoms with Crippen molar-refractivity contribution in [3.05, 3.63) is 16.1 Å². The van der Waals surface area contributed by atoms with Gasteiger partial charge in [-0.1, -0.05) is 6.92 Å². The van der Waals surface area contributed by atoms with Crippen molar-refractivity contribution < 1.29 is 5.11 Å². The Hall–Kier alpha value is -0.450. The van der Waals surface area contributed by atoms with Crippen LogP contribution in [0.15, 0.2) is 5.38 Å². The molecule has 0 radical (unpaired) electrons. The van der Waals surface area contributed by atoms with Crippen molar-refractivity contribution in [3.63, 3.8) is 0 Å². The van der Waals surface area contributed by atoms with Crippen LogP contribution in [0.5, 0.6) is 0 Å². The molecule has 0 aromatic carbocycles. The van der Waals surface area contributed by atoms with Crippen LogP contribution < -0.4 is 0 Å². The fourth-order valence-corrected chi connectivity index (χ4v) is 4.33. The van der Waals surface area contributed by atoms with Gasteiger partial charge in [0.15, 0.2) is 0 Å². The molecule has 1 saturated heterocycles. The van der Waals surface area contributed by atoms with Crippen molar-refractivity contribution in [3.8, 4) is 0 Å². The van der Waals surface area contributed by atoms with E-state index in [1.165, 1.54) is 23.5 Å². The highest BCUT2D eigenvalue weighted by Crippen LogP contribution is 2.38. The molecule has 0 amide bonds. The van der Waals surface area contributed by atoms with E-state index in [2.05, 4.69) is 17.2 Å². The topological polar surface area (TPSA) is 36.4 Å². The maximum Gasteiger partial charge on any atom is 0.0928 e. The highest BCUT2D eigenvalue weighted by molar-refractivity contribution is 7.09. The van der Waals surface area contributed by atoms with Crippen LogP contribution >= 0.6 is 11.3 Å². The van der Waals surface area contributed by atoms with Gasteiger partial charge in [-0.25, -0.2) is 4.98 Å². The fourth-order valence-electron chi connectivity index (χ4n) is 3.44. The third-order valence-corrected chi connectivity index (χ3v) is 5.30. The minimum atomic E-state index is -0.0499. The maximum absolute atomic E-state index is 9.92. The van der Waals surface area contributed by atoms with E-state index >= 15 is 0 Å². The highest BCUT2D eigenvalue weighted by Gasteiger charge is 2.41. The fraction of sp³-hybridized carbons (Fsp3) is 0.786. The predicted molar refractivity (Wildman–Crippen MR) is 73.6 cm³/mol. The SMILES string of the molecule is CCCc1nc(CN2CC3CCC(O)C3C2)cs1. The van der Waals surface area contributed by atoms with E-state index in [4.69, 9.17) is 4.98 Å². The van der Waals surface area contributed by atoms with Gasteiger partial charge in [-0.05, 0) is 31.6 Å². The number of aliphatic hydroxyl groups is 1. The Bertz CT molecular complexity index is 406. The van der Waals surface area contributed by atoms with Crippen molar-refractivity contribution in [2.45, 2.75) is 45.3 Å². The molecule has 1 aliphatic heterocycles. The summed E-state index contributed by atoms with van der Waals surface area (Å²) >= 11 is 1.79. The molecule has 2 heterocycles. The van der Waals surface area contributed by atoms with E-state index in [0.29, 0.717) is 5.92 Å². The van der Waals surface area contributed by atoms with E-state index in [9.17, 15) is 5.11 Å². The zero-order chi connectivity index (χ0) is 12.5. The number of aliphatic hydroxyl groups excluding tert-OH is 1. The molecule has 2 fully saturated rings. The van der Waals surface area contributed by atoms with Crippen LogP contribution in [-0.2, 0) is 13.0 Å². The van der Waals surface area contributed by atoms with Crippen molar-refractivity contribution in [1.29, 1.82) is 0 Å². The summed E-state index contributed by atoms with van der Waals surface area (Å²) in [4.78, 5) is 7.17. The molecule has 1 aromatic heterocycles. The van der Waals surface area contributed by atoms with Gasteiger partial charge in [0.25, 0.3) is 0 Å². The molecule has 0 bridgehead atoms. The molecule has 0 spiro atoms. The maximum atomic E-state index is 9.92. The van der Waals surface area contributed by atoms with Crippen LogP contribution in [0, 0.1) is 11.8 Å². The summed E-state index contributed by atoms with van der Waals surface area (Å²) in [5, 5.41) is 13.4. The predicted octanol–water partition coefficient (Wildman–Crippen LogP) is 2.30. The van der Waals surface area contributed by atoms with E-state index in [0.717, 1.165) is 38.4 Å². The van der Waals surface area contributed by atoms with E-state index in [1.54, 1.807) is 11.3 Å². The summed E-state index contributed by atoms with van der Waals surface area (Å²) in [6, 6.07) is 0. The third-order valence-electron chi connectivity index (χ3n) is 4.34. The molecule has 2 aliphatic rings. The third kappa shape index (κ3) is 2.46. The van der Waals surface area contributed by atoms with Gasteiger partial charge < -0.3 is 5.11 Å². The Morgan fingerprint density at radius 2 is 2.33 bits per heavy atom. The summed E-state index contributed by atoms with van der Waals surface area (Å²) in [6.45, 7) is 5.39. The van der Waals surface area contributed by atoms with Gasteiger partial charge in [0, 0.05) is 30.9 Å². The number of aryl methyl sites for hydroxylation is 1. The first kappa shape index (κ1) is 12.6. The molecule has 3 rings (SSSR count). The van der Waals surface area contributed by atoms with Crippen molar-refractivity contribution >= 4 is 11.3 Å². The second-order valence-corrected chi connectivity index (χ2v) is 6.69. The number of hydrogen-bond donors (Lipinski definition) is 1. The van der Waals surface area contributed by atoms with Gasteiger partial charge in [-0.3, -0.25) is 4.90 Å². The van der Waals surface area contributed by atoms with E-state index < -0.39 is 0 Å². The minimum absolute atomic E-state index is 0.0499. The summed E-state index contributed by atoms with van der Waals surface area (Å²) in [5.74, 6) is 1.26. The first-order valence-corrected chi connectivity index (χ1v) is 7.98. The average Bonchev–Trinajstić information content (AvgIpc) is 3.00. The average molecular weight is 266 g/mol. The second kappa shape index (κ2) is 5.27. The summed E-state index contributed by atoms with van der Waals surface area (Å²) < 4.78 is 0. The Kier molecular flexibility index (Phi) is 3.68. The first-order valence-electron chi connectivity index (χ1n) is 7.10. The number of nitrogens with zero attached hydrogens (tertiary/aromatic N) is 2. The van der Waals surface area contributed by atoms with Crippen LogP contribution in [0.3, 0.4) is 0 Å². The van der Waals surface area contributed by atoms with Crippen molar-refractivity contribution in [2.24, 2.45) is 11.8 Å². The van der Waals surface area contributed by atoms with Crippen LogP contribution in [0.2, 0.25) is 0 Å². The van der Waals surface area contributed by atoms with Crippen molar-refractivity contribution in [2.75, 3.05) is 13.1 Å². The van der Waals surface area contributed by atoms with Crippen LogP contribution in [0.25, 0.3) is 0 Å². The molecule has 1 saturated carbocycles. The molecule has 3 unspecified atom stereocenters. The van der Waals surface area contributed by atoms with Crippen LogP contribution in [0.1, 0.15) is 36.9 Å². The summed E-state index contributed by atoms with van der Waals surface area (Å²) in [6.07, 6.45) is 4.45. The van der Waals surface area contributed by atoms with Gasteiger partial charge >= 0.3 is 0 Å². The van der Waals surface area contributed by atoms with Gasteiger partial charge in [-0.2, -0.15) is 0 Å². The molecule has 1 N–H and O–H groups in total. The molecule has 18 heavy (non-hydrogen) atoms. The quantitative estimate of drug-likeness (QED) is 0.908. The number of aromatic nitrogens is 1. The van der Waals surface area contributed by atoms with Crippen LogP contribution in [-0.4, -0.2) is 34.2 Å². The summed E-state index contributed by atoms with van der Waals surface area (Å²) in [7, 11) is 0. The largest absolute Gasteiger partial charge is 0.393 e. The molecule has 3 atom stereocenters. The molecule has 1 aromatic rings. The van der Waals surface area contributed by atoms with E-state index in [1.807, 2.05) is 0 Å². The number of fused-ring (bicyclic) bond motifs is 1. The Morgan fingerprint density at radius 3 is 3.11 bits per heavy atom. The molecule has 100 valence electrons. The Labute approximate surface area is 113 Å². The van der Waals surface area contributed by atoms with Gasteiger partial charge in [0.2, 0.25) is 0 Å². The van der Waals surface area contributed by atoms with Crippen molar-refractivity contribution in [1.82, 2.24) is 9.88 Å². The number of likely N-dealkylation sites (tertiary alicyclic amines) is 1. The standard InChI is InChI=1S/C14H22N2OS/c1-2-3-14-15-11(9-18-14)7-16-6-10-4-5-13(17)12(10)8-16/h9-10,12-13,17H,2-8H2,1H3. The molecular formula is C14H22N2OS. The lowest BCUT2D eigenvalue weighted by molar-refractivity contribution is 0.123. The minimum Gasteiger partial charge on any atom is -0.393 e. The van der Waals surface area contributed by atoms with Gasteiger partial charge in [0.1, 0.15) is 0 Å². The lowest BCUT2D eigenvalue weighted by atomic mass is 10.00. The monoisotopic (exact) mass is 266 g/mol. The smallest absolute Gasteiger partial charge is 0.0928 e. The molecule has 3 nitrogen and oxygen atoms in total. The lowest BCUT2D eigenvalue weighted by Gasteiger charge is -2.16.